The van der Waals surface area contributed by atoms with Crippen molar-refractivity contribution < 1.29 is 13.5 Å². The van der Waals surface area contributed by atoms with Gasteiger partial charge in [0, 0.05) is 5.92 Å². The highest BCUT2D eigenvalue weighted by Gasteiger charge is 2.55. The Hall–Kier alpha value is -2.46. The van der Waals surface area contributed by atoms with E-state index in [1.807, 2.05) is 24.3 Å². The number of sulfonamides is 1. The van der Waals surface area contributed by atoms with E-state index in [0.717, 1.165) is 22.7 Å². The molecule has 3 atom stereocenters. The van der Waals surface area contributed by atoms with Crippen LogP contribution >= 0.6 is 0 Å². The van der Waals surface area contributed by atoms with Gasteiger partial charge in [-0.15, -0.1) is 0 Å². The number of rotatable bonds is 5. The largest absolute Gasteiger partial charge is 0.395 e. The zero-order valence-corrected chi connectivity index (χ0v) is 16.9. The van der Waals surface area contributed by atoms with E-state index in [1.165, 1.54) is 36.1 Å². The molecule has 29 heavy (non-hydrogen) atoms. The van der Waals surface area contributed by atoms with Gasteiger partial charge in [-0.25, -0.2) is 8.42 Å². The van der Waals surface area contributed by atoms with Gasteiger partial charge in [0.2, 0.25) is 10.0 Å². The van der Waals surface area contributed by atoms with Gasteiger partial charge in [-0.05, 0) is 54.5 Å². The molecule has 2 aromatic carbocycles. The number of hydrogen-bond acceptors (Lipinski definition) is 4. The van der Waals surface area contributed by atoms with E-state index in [0.29, 0.717) is 0 Å². The van der Waals surface area contributed by atoms with E-state index < -0.39 is 22.1 Å². The summed E-state index contributed by atoms with van der Waals surface area (Å²) < 4.78 is 27.3. The third kappa shape index (κ3) is 3.51. The van der Waals surface area contributed by atoms with Crippen LogP contribution in [0.4, 0.5) is 0 Å². The Morgan fingerprint density at radius 3 is 2.38 bits per heavy atom. The zero-order chi connectivity index (χ0) is 20.4. The van der Waals surface area contributed by atoms with E-state index >= 15 is 0 Å². The van der Waals surface area contributed by atoms with Crippen molar-refractivity contribution in [2.24, 2.45) is 0 Å². The average molecular weight is 409 g/mol. The summed E-state index contributed by atoms with van der Waals surface area (Å²) in [5, 5.41) is 19.7. The molecule has 1 saturated heterocycles. The molecular weight excluding hydrogens is 384 g/mol. The number of benzene rings is 2. The van der Waals surface area contributed by atoms with Crippen molar-refractivity contribution in [1.82, 2.24) is 4.31 Å². The van der Waals surface area contributed by atoms with E-state index in [-0.39, 0.29) is 17.4 Å². The lowest BCUT2D eigenvalue weighted by Gasteiger charge is -2.50. The van der Waals surface area contributed by atoms with Crippen molar-refractivity contribution in [1.29, 1.82) is 5.26 Å². The molecule has 2 aliphatic rings. The van der Waals surface area contributed by atoms with E-state index in [4.69, 9.17) is 0 Å². The van der Waals surface area contributed by atoms with Crippen LogP contribution in [0.5, 0.6) is 0 Å². The average Bonchev–Trinajstić information content (AvgIpc) is 2.75. The molecule has 1 N–H and O–H groups in total. The molecule has 0 radical (unpaired) electrons. The van der Waals surface area contributed by atoms with Crippen molar-refractivity contribution >= 4 is 15.6 Å². The molecule has 0 unspecified atom stereocenters. The summed E-state index contributed by atoms with van der Waals surface area (Å²) in [6.45, 7) is -0.332. The SMILES string of the molecule is N#C[C@@H]1[C@@H](c2ccc(C3=CCCCC3)cc2)[C@H](CO)N1S(=O)(=O)c1ccccc1. The number of allylic oxidation sites excluding steroid dienone is 2. The summed E-state index contributed by atoms with van der Waals surface area (Å²) in [5.74, 6) is -0.349. The molecule has 1 fully saturated rings. The second-order valence-corrected chi connectivity index (χ2v) is 9.44. The number of hydrogen-bond donors (Lipinski definition) is 1. The first-order valence-electron chi connectivity index (χ1n) is 9.96. The minimum Gasteiger partial charge on any atom is -0.395 e. The topological polar surface area (TPSA) is 81.4 Å². The van der Waals surface area contributed by atoms with Gasteiger partial charge in [0.05, 0.1) is 23.6 Å². The maximum atomic E-state index is 13.0. The highest BCUT2D eigenvalue weighted by Crippen LogP contribution is 2.44. The molecule has 4 rings (SSSR count). The molecule has 5 nitrogen and oxygen atoms in total. The Kier molecular flexibility index (Phi) is 5.55. The van der Waals surface area contributed by atoms with Gasteiger partial charge in [0.15, 0.2) is 0 Å². The van der Waals surface area contributed by atoms with E-state index in [9.17, 15) is 18.8 Å². The van der Waals surface area contributed by atoms with Gasteiger partial charge in [-0.1, -0.05) is 48.5 Å². The van der Waals surface area contributed by atoms with Gasteiger partial charge < -0.3 is 5.11 Å². The minimum atomic E-state index is -3.85. The molecule has 1 heterocycles. The Morgan fingerprint density at radius 2 is 1.79 bits per heavy atom. The van der Waals surface area contributed by atoms with Crippen LogP contribution in [0.3, 0.4) is 0 Å². The summed E-state index contributed by atoms with van der Waals surface area (Å²) in [7, 11) is -3.85. The standard InChI is InChI=1S/C23H24N2O3S/c24-15-21-23(19-13-11-18(12-14-19)17-7-3-1-4-8-17)22(16-26)25(21)29(27,28)20-9-5-2-6-10-20/h2,5-7,9-14,21-23,26H,1,3-4,8,16H2/t21-,22+,23-/m1/s1. The van der Waals surface area contributed by atoms with Crippen molar-refractivity contribution in [3.63, 3.8) is 0 Å². The van der Waals surface area contributed by atoms with Crippen molar-refractivity contribution in [3.8, 4) is 6.07 Å². The Balaban J connectivity index is 1.62. The van der Waals surface area contributed by atoms with Crippen LogP contribution in [-0.2, 0) is 10.0 Å². The predicted molar refractivity (Wildman–Crippen MR) is 111 cm³/mol. The number of nitriles is 1. The normalized spacial score (nSPS) is 25.0. The fourth-order valence-electron chi connectivity index (χ4n) is 4.43. The fourth-order valence-corrected chi connectivity index (χ4v) is 6.21. The number of nitrogens with zero attached hydrogens (tertiary/aromatic N) is 2. The summed E-state index contributed by atoms with van der Waals surface area (Å²) >= 11 is 0. The minimum absolute atomic E-state index is 0.136. The summed E-state index contributed by atoms with van der Waals surface area (Å²) in [4.78, 5) is 0.136. The van der Waals surface area contributed by atoms with Crippen LogP contribution in [0.15, 0.2) is 65.6 Å². The molecule has 1 aliphatic heterocycles. The third-order valence-corrected chi connectivity index (χ3v) is 7.87. The second-order valence-electron chi connectivity index (χ2n) is 7.59. The molecule has 150 valence electrons. The monoisotopic (exact) mass is 408 g/mol. The molecule has 0 aromatic heterocycles. The Labute approximate surface area is 172 Å². The molecule has 0 amide bonds. The first kappa shape index (κ1) is 19.8. The maximum Gasteiger partial charge on any atom is 0.244 e. The molecular formula is C23H24N2O3S. The highest BCUT2D eigenvalue weighted by molar-refractivity contribution is 7.89. The first-order valence-corrected chi connectivity index (χ1v) is 11.4. The van der Waals surface area contributed by atoms with Gasteiger partial charge in [0.25, 0.3) is 0 Å². The van der Waals surface area contributed by atoms with Crippen LogP contribution in [-0.4, -0.2) is 36.5 Å². The molecule has 0 saturated carbocycles. The van der Waals surface area contributed by atoms with Crippen molar-refractivity contribution in [3.05, 3.63) is 71.8 Å². The Morgan fingerprint density at radius 1 is 1.07 bits per heavy atom. The molecule has 1 aliphatic carbocycles. The Bertz CT molecular complexity index is 1040. The van der Waals surface area contributed by atoms with Crippen LogP contribution < -0.4 is 0 Å². The number of aliphatic hydroxyl groups is 1. The molecule has 2 aromatic rings. The summed E-state index contributed by atoms with van der Waals surface area (Å²) in [6.07, 6.45) is 6.90. The van der Waals surface area contributed by atoms with Crippen LogP contribution in [0.25, 0.3) is 5.57 Å². The highest BCUT2D eigenvalue weighted by atomic mass is 32.2. The lowest BCUT2D eigenvalue weighted by molar-refractivity contribution is 0.0557. The van der Waals surface area contributed by atoms with Crippen LogP contribution in [0, 0.1) is 11.3 Å². The number of aliphatic hydroxyl groups excluding tert-OH is 1. The van der Waals surface area contributed by atoms with E-state index in [1.54, 1.807) is 18.2 Å². The van der Waals surface area contributed by atoms with Crippen molar-refractivity contribution in [2.75, 3.05) is 6.61 Å². The smallest absolute Gasteiger partial charge is 0.244 e. The molecule has 0 spiro atoms. The second kappa shape index (κ2) is 8.11. The van der Waals surface area contributed by atoms with E-state index in [2.05, 4.69) is 12.1 Å². The zero-order valence-electron chi connectivity index (χ0n) is 16.1. The lowest BCUT2D eigenvalue weighted by atomic mass is 9.78. The van der Waals surface area contributed by atoms with Crippen LogP contribution in [0.1, 0.15) is 42.7 Å². The van der Waals surface area contributed by atoms with Crippen molar-refractivity contribution in [2.45, 2.75) is 48.6 Å². The lowest BCUT2D eigenvalue weighted by Crippen LogP contribution is -2.64. The van der Waals surface area contributed by atoms with Gasteiger partial charge >= 0.3 is 0 Å². The first-order chi connectivity index (χ1) is 14.1. The van der Waals surface area contributed by atoms with Crippen LogP contribution in [0.2, 0.25) is 0 Å². The fraction of sp³-hybridized carbons (Fsp3) is 0.348. The quantitative estimate of drug-likeness (QED) is 0.818. The van der Waals surface area contributed by atoms with Gasteiger partial charge in [0.1, 0.15) is 6.04 Å². The third-order valence-electron chi connectivity index (χ3n) is 5.95. The molecule has 6 heteroatoms. The van der Waals surface area contributed by atoms with Gasteiger partial charge in [-0.2, -0.15) is 9.57 Å². The molecule has 0 bridgehead atoms. The summed E-state index contributed by atoms with van der Waals surface area (Å²) in [5.41, 5.74) is 3.41. The predicted octanol–water partition coefficient (Wildman–Crippen LogP) is 3.69. The van der Waals surface area contributed by atoms with Gasteiger partial charge in [-0.3, -0.25) is 0 Å². The summed E-state index contributed by atoms with van der Waals surface area (Å²) in [6, 6.07) is 16.8. The maximum absolute atomic E-state index is 13.0.